The van der Waals surface area contributed by atoms with E-state index in [1.807, 2.05) is 0 Å². The van der Waals surface area contributed by atoms with Crippen LogP contribution in [0.25, 0.3) is 0 Å². The SMILES string of the molecule is OCCCCNCCSC(F)(F)F. The fraction of sp³-hybridized carbons (Fsp3) is 1.00. The summed E-state index contributed by atoms with van der Waals surface area (Å²) < 4.78 is 34.8. The summed E-state index contributed by atoms with van der Waals surface area (Å²) in [5.41, 5.74) is -4.12. The summed E-state index contributed by atoms with van der Waals surface area (Å²) in [4.78, 5) is 0. The predicted molar refractivity (Wildman–Crippen MR) is 47.7 cm³/mol. The molecule has 0 rings (SSSR count). The molecule has 0 fully saturated rings. The van der Waals surface area contributed by atoms with Gasteiger partial charge in [0.2, 0.25) is 0 Å². The van der Waals surface area contributed by atoms with Crippen LogP contribution in [0.1, 0.15) is 12.8 Å². The molecule has 0 atom stereocenters. The number of hydrogen-bond acceptors (Lipinski definition) is 3. The van der Waals surface area contributed by atoms with Gasteiger partial charge in [0.25, 0.3) is 0 Å². The maximum absolute atomic E-state index is 11.6. The predicted octanol–water partition coefficient (Wildman–Crippen LogP) is 1.60. The number of rotatable bonds is 7. The molecule has 2 N–H and O–H groups in total. The van der Waals surface area contributed by atoms with E-state index in [0.717, 1.165) is 6.42 Å². The quantitative estimate of drug-likeness (QED) is 0.635. The highest BCUT2D eigenvalue weighted by Gasteiger charge is 2.27. The minimum Gasteiger partial charge on any atom is -0.396 e. The fourth-order valence-corrected chi connectivity index (χ4v) is 1.20. The van der Waals surface area contributed by atoms with Gasteiger partial charge in [-0.1, -0.05) is 0 Å². The summed E-state index contributed by atoms with van der Waals surface area (Å²) >= 11 is -0.0145. The van der Waals surface area contributed by atoms with Gasteiger partial charge in [-0.2, -0.15) is 13.2 Å². The van der Waals surface area contributed by atoms with Gasteiger partial charge in [0.05, 0.1) is 0 Å². The summed E-state index contributed by atoms with van der Waals surface area (Å²) in [7, 11) is 0. The molecule has 0 saturated carbocycles. The Labute approximate surface area is 79.9 Å². The van der Waals surface area contributed by atoms with Crippen LogP contribution in [0.2, 0.25) is 0 Å². The lowest BCUT2D eigenvalue weighted by Gasteiger charge is -2.06. The molecular formula is C7H14F3NOS. The largest absolute Gasteiger partial charge is 0.441 e. The monoisotopic (exact) mass is 217 g/mol. The van der Waals surface area contributed by atoms with E-state index in [1.54, 1.807) is 0 Å². The molecule has 6 heteroatoms. The van der Waals surface area contributed by atoms with E-state index >= 15 is 0 Å². The van der Waals surface area contributed by atoms with Crippen LogP contribution in [0.4, 0.5) is 13.2 Å². The van der Waals surface area contributed by atoms with Crippen molar-refractivity contribution in [2.24, 2.45) is 0 Å². The summed E-state index contributed by atoms with van der Waals surface area (Å²) in [6.45, 7) is 1.16. The number of unbranched alkanes of at least 4 members (excludes halogenated alkanes) is 1. The Balaban J connectivity index is 3.00. The van der Waals surface area contributed by atoms with Crippen molar-refractivity contribution in [2.75, 3.05) is 25.4 Å². The Hall–Kier alpha value is 0.0600. The van der Waals surface area contributed by atoms with Gasteiger partial charge < -0.3 is 10.4 Å². The highest BCUT2D eigenvalue weighted by atomic mass is 32.2. The van der Waals surface area contributed by atoms with E-state index in [4.69, 9.17) is 5.11 Å². The van der Waals surface area contributed by atoms with E-state index in [9.17, 15) is 13.2 Å². The molecule has 0 aliphatic rings. The molecule has 0 aromatic carbocycles. The Morgan fingerprint density at radius 1 is 1.15 bits per heavy atom. The second-order valence-electron chi connectivity index (χ2n) is 2.47. The van der Waals surface area contributed by atoms with Crippen molar-refractivity contribution in [3.05, 3.63) is 0 Å². The highest BCUT2D eigenvalue weighted by molar-refractivity contribution is 8.00. The molecule has 0 unspecified atom stereocenters. The molecule has 0 aromatic rings. The van der Waals surface area contributed by atoms with Gasteiger partial charge in [-0.3, -0.25) is 0 Å². The molecule has 13 heavy (non-hydrogen) atoms. The highest BCUT2D eigenvalue weighted by Crippen LogP contribution is 2.29. The third kappa shape index (κ3) is 12.1. The lowest BCUT2D eigenvalue weighted by molar-refractivity contribution is -0.0327. The van der Waals surface area contributed by atoms with Gasteiger partial charge in [-0.15, -0.1) is 0 Å². The second kappa shape index (κ2) is 7.46. The van der Waals surface area contributed by atoms with Gasteiger partial charge in [-0.25, -0.2) is 0 Å². The Bertz CT molecular complexity index is 121. The van der Waals surface area contributed by atoms with Crippen LogP contribution < -0.4 is 5.32 Å². The van der Waals surface area contributed by atoms with E-state index in [1.165, 1.54) is 0 Å². The average molecular weight is 217 g/mol. The molecule has 0 aromatic heterocycles. The molecule has 0 spiro atoms. The molecule has 80 valence electrons. The van der Waals surface area contributed by atoms with Crippen LogP contribution in [0.5, 0.6) is 0 Å². The van der Waals surface area contributed by atoms with Crippen LogP contribution in [0, 0.1) is 0 Å². The van der Waals surface area contributed by atoms with Crippen molar-refractivity contribution in [3.63, 3.8) is 0 Å². The lowest BCUT2D eigenvalue weighted by Crippen LogP contribution is -2.20. The fourth-order valence-electron chi connectivity index (χ4n) is 0.726. The molecular weight excluding hydrogens is 203 g/mol. The lowest BCUT2D eigenvalue weighted by atomic mass is 10.3. The maximum Gasteiger partial charge on any atom is 0.441 e. The van der Waals surface area contributed by atoms with Gasteiger partial charge >= 0.3 is 5.51 Å². The average Bonchev–Trinajstić information content (AvgIpc) is 2.01. The molecule has 0 bridgehead atoms. The third-order valence-corrected chi connectivity index (χ3v) is 2.04. The number of alkyl halides is 3. The van der Waals surface area contributed by atoms with Crippen molar-refractivity contribution in [3.8, 4) is 0 Å². The van der Waals surface area contributed by atoms with Crippen LogP contribution in [0.15, 0.2) is 0 Å². The minimum atomic E-state index is -4.12. The molecule has 0 heterocycles. The number of hydrogen-bond donors (Lipinski definition) is 2. The normalized spacial score (nSPS) is 12.0. The van der Waals surface area contributed by atoms with Crippen LogP contribution in [-0.4, -0.2) is 36.1 Å². The number of thioether (sulfide) groups is 1. The van der Waals surface area contributed by atoms with Crippen molar-refractivity contribution < 1.29 is 18.3 Å². The van der Waals surface area contributed by atoms with E-state index in [0.29, 0.717) is 19.5 Å². The van der Waals surface area contributed by atoms with Gasteiger partial charge in [0, 0.05) is 18.9 Å². The van der Waals surface area contributed by atoms with Crippen molar-refractivity contribution in [1.29, 1.82) is 0 Å². The Kier molecular flexibility index (Phi) is 7.50. The zero-order valence-electron chi connectivity index (χ0n) is 7.23. The number of aliphatic hydroxyl groups excluding tert-OH is 1. The first-order valence-corrected chi connectivity index (χ1v) is 5.07. The molecule has 0 amide bonds. The summed E-state index contributed by atoms with van der Waals surface area (Å²) in [6, 6.07) is 0. The topological polar surface area (TPSA) is 32.3 Å². The Morgan fingerprint density at radius 2 is 1.85 bits per heavy atom. The number of nitrogens with one attached hydrogen (secondary N) is 1. The van der Waals surface area contributed by atoms with E-state index in [-0.39, 0.29) is 24.1 Å². The first-order chi connectivity index (χ1) is 6.06. The third-order valence-electron chi connectivity index (χ3n) is 1.31. The first-order valence-electron chi connectivity index (χ1n) is 4.08. The van der Waals surface area contributed by atoms with Crippen LogP contribution in [0.3, 0.4) is 0 Å². The summed E-state index contributed by atoms with van der Waals surface area (Å²) in [5, 5.41) is 11.3. The van der Waals surface area contributed by atoms with Crippen LogP contribution in [-0.2, 0) is 0 Å². The summed E-state index contributed by atoms with van der Waals surface area (Å²) in [5.74, 6) is 0.0443. The van der Waals surface area contributed by atoms with Gasteiger partial charge in [-0.05, 0) is 31.1 Å². The minimum absolute atomic E-state index is 0.0145. The molecule has 0 aliphatic carbocycles. The zero-order valence-corrected chi connectivity index (χ0v) is 8.05. The summed E-state index contributed by atoms with van der Waals surface area (Å²) in [6.07, 6.45) is 1.49. The molecule has 0 saturated heterocycles. The number of aliphatic hydroxyl groups is 1. The van der Waals surface area contributed by atoms with E-state index in [2.05, 4.69) is 5.32 Å². The van der Waals surface area contributed by atoms with Crippen LogP contribution >= 0.6 is 11.8 Å². The molecule has 0 radical (unpaired) electrons. The maximum atomic E-state index is 11.6. The zero-order chi connectivity index (χ0) is 10.2. The molecule has 2 nitrogen and oxygen atoms in total. The molecule has 0 aliphatic heterocycles. The van der Waals surface area contributed by atoms with Crippen molar-refractivity contribution in [1.82, 2.24) is 5.32 Å². The first kappa shape index (κ1) is 13.1. The van der Waals surface area contributed by atoms with Gasteiger partial charge in [0.15, 0.2) is 0 Å². The number of halogens is 3. The second-order valence-corrected chi connectivity index (χ2v) is 3.63. The Morgan fingerprint density at radius 3 is 2.38 bits per heavy atom. The van der Waals surface area contributed by atoms with Crippen molar-refractivity contribution >= 4 is 11.8 Å². The van der Waals surface area contributed by atoms with E-state index < -0.39 is 5.51 Å². The standard InChI is InChI=1S/C7H14F3NOS/c8-7(9,10)13-6-4-11-3-1-2-5-12/h11-12H,1-6H2. The van der Waals surface area contributed by atoms with Crippen molar-refractivity contribution in [2.45, 2.75) is 18.3 Å². The smallest absolute Gasteiger partial charge is 0.396 e. The van der Waals surface area contributed by atoms with Gasteiger partial charge in [0.1, 0.15) is 0 Å².